The number of hydrogen-bond acceptors (Lipinski definition) is 1. The molecule has 0 bridgehead atoms. The second-order valence-corrected chi connectivity index (χ2v) is 4.00. The summed E-state index contributed by atoms with van der Waals surface area (Å²) in [5, 5.41) is 0. The smallest absolute Gasteiger partial charge is 0.0207 e. The average molecular weight is 265 g/mol. The van der Waals surface area contributed by atoms with E-state index in [1.54, 1.807) is 0 Å². The number of hydrogen-bond donors (Lipinski definition) is 0. The first-order chi connectivity index (χ1) is 5.70. The highest BCUT2D eigenvalue weighted by atomic mass is 79.9. The van der Waals surface area contributed by atoms with Crippen LogP contribution < -0.4 is 0 Å². The number of likely N-dealkylation sites (N-methyl/N-ethyl adjacent to an activating group) is 1. The summed E-state index contributed by atoms with van der Waals surface area (Å²) in [6.45, 7) is 1.10. The average Bonchev–Trinajstić information content (AvgIpc) is 2.03. The van der Waals surface area contributed by atoms with E-state index in [0.29, 0.717) is 0 Å². The quantitative estimate of drug-likeness (QED) is 0.811. The summed E-state index contributed by atoms with van der Waals surface area (Å²) in [5.74, 6) is 0. The molecule has 0 fully saturated rings. The molecule has 0 aliphatic heterocycles. The van der Waals surface area contributed by atoms with Gasteiger partial charge in [0.05, 0.1) is 0 Å². The van der Waals surface area contributed by atoms with E-state index in [4.69, 9.17) is 0 Å². The molecule has 1 nitrogen and oxygen atoms in total. The van der Waals surface area contributed by atoms with Gasteiger partial charge in [0.25, 0.3) is 0 Å². The third kappa shape index (κ3) is 4.65. The van der Waals surface area contributed by atoms with Gasteiger partial charge in [0.15, 0.2) is 0 Å². The molecule has 13 heavy (non-hydrogen) atoms. The van der Waals surface area contributed by atoms with Gasteiger partial charge < -0.3 is 4.90 Å². The fourth-order valence-corrected chi connectivity index (χ4v) is 1.53. The Morgan fingerprint density at radius 2 is 1.85 bits per heavy atom. The van der Waals surface area contributed by atoms with E-state index < -0.39 is 0 Å². The summed E-state index contributed by atoms with van der Waals surface area (Å²) < 4.78 is 1.21. The third-order valence-corrected chi connectivity index (χ3v) is 2.56. The minimum atomic E-state index is 0. The fourth-order valence-electron chi connectivity index (χ4n) is 1.05. The van der Waals surface area contributed by atoms with Crippen molar-refractivity contribution in [3.63, 3.8) is 0 Å². The van der Waals surface area contributed by atoms with E-state index in [-0.39, 0.29) is 12.4 Å². The third-order valence-electron chi connectivity index (χ3n) is 1.79. The highest BCUT2D eigenvalue weighted by Gasteiger charge is 1.98. The largest absolute Gasteiger partial charge is 0.309 e. The van der Waals surface area contributed by atoms with Crippen LogP contribution in [0.4, 0.5) is 0 Å². The molecular formula is C10H15BrClN. The maximum absolute atomic E-state index is 3.53. The van der Waals surface area contributed by atoms with Gasteiger partial charge in [-0.15, -0.1) is 12.4 Å². The molecule has 0 atom stereocenters. The molecule has 0 saturated heterocycles. The Bertz CT molecular complexity index is 250. The van der Waals surface area contributed by atoms with Gasteiger partial charge in [0, 0.05) is 11.0 Å². The van der Waals surface area contributed by atoms with Crippen molar-refractivity contribution in [2.24, 2.45) is 0 Å². The first-order valence-electron chi connectivity index (χ1n) is 4.08. The summed E-state index contributed by atoms with van der Waals surface area (Å²) in [6, 6.07) is 8.37. The van der Waals surface area contributed by atoms with Crippen molar-refractivity contribution in [2.45, 2.75) is 6.42 Å². The predicted molar refractivity (Wildman–Crippen MR) is 63.6 cm³/mol. The summed E-state index contributed by atoms with van der Waals surface area (Å²) in [4.78, 5) is 2.19. The summed E-state index contributed by atoms with van der Waals surface area (Å²) in [6.07, 6.45) is 1.11. The van der Waals surface area contributed by atoms with Gasteiger partial charge in [0.1, 0.15) is 0 Å². The van der Waals surface area contributed by atoms with Crippen molar-refractivity contribution in [3.8, 4) is 0 Å². The number of benzene rings is 1. The maximum atomic E-state index is 3.53. The van der Waals surface area contributed by atoms with Gasteiger partial charge in [-0.1, -0.05) is 34.1 Å². The maximum Gasteiger partial charge on any atom is 0.0207 e. The lowest BCUT2D eigenvalue weighted by Crippen LogP contribution is -2.15. The normalized spacial score (nSPS) is 9.85. The molecule has 0 N–H and O–H groups in total. The van der Waals surface area contributed by atoms with Crippen LogP contribution in [0, 0.1) is 0 Å². The fraction of sp³-hybridized carbons (Fsp3) is 0.400. The molecule has 1 aromatic carbocycles. The Morgan fingerprint density at radius 1 is 1.23 bits per heavy atom. The van der Waals surface area contributed by atoms with Crippen LogP contribution in [0.25, 0.3) is 0 Å². The molecule has 0 aromatic heterocycles. The molecular weight excluding hydrogens is 249 g/mol. The molecule has 0 unspecified atom stereocenters. The molecule has 1 rings (SSSR count). The second-order valence-electron chi connectivity index (χ2n) is 3.14. The Labute approximate surface area is 94.7 Å². The lowest BCUT2D eigenvalue weighted by Gasteiger charge is -2.09. The molecule has 74 valence electrons. The van der Waals surface area contributed by atoms with Gasteiger partial charge in [-0.05, 0) is 32.1 Å². The molecule has 0 radical (unpaired) electrons. The van der Waals surface area contributed by atoms with Crippen LogP contribution in [0.1, 0.15) is 5.56 Å². The van der Waals surface area contributed by atoms with E-state index >= 15 is 0 Å². The monoisotopic (exact) mass is 263 g/mol. The predicted octanol–water partition coefficient (Wildman–Crippen LogP) is 2.98. The second kappa shape index (κ2) is 6.41. The topological polar surface area (TPSA) is 3.24 Å². The van der Waals surface area contributed by atoms with Gasteiger partial charge in [-0.2, -0.15) is 0 Å². The van der Waals surface area contributed by atoms with Crippen molar-refractivity contribution in [1.29, 1.82) is 0 Å². The van der Waals surface area contributed by atoms with Gasteiger partial charge in [0.2, 0.25) is 0 Å². The van der Waals surface area contributed by atoms with E-state index in [1.165, 1.54) is 10.0 Å². The first-order valence-corrected chi connectivity index (χ1v) is 4.87. The highest BCUT2D eigenvalue weighted by molar-refractivity contribution is 9.10. The summed E-state index contributed by atoms with van der Waals surface area (Å²) in [7, 11) is 4.19. The van der Waals surface area contributed by atoms with E-state index in [9.17, 15) is 0 Å². The van der Waals surface area contributed by atoms with Crippen LogP contribution in [-0.4, -0.2) is 25.5 Å². The number of rotatable bonds is 3. The summed E-state index contributed by atoms with van der Waals surface area (Å²) >= 11 is 3.53. The SMILES string of the molecule is CN(C)CCc1ccccc1Br.Cl. The number of halogens is 2. The Balaban J connectivity index is 0.00000144. The van der Waals surface area contributed by atoms with Crippen LogP contribution >= 0.6 is 28.3 Å². The Morgan fingerprint density at radius 3 is 2.38 bits per heavy atom. The van der Waals surface area contributed by atoms with Crippen LogP contribution in [0.2, 0.25) is 0 Å². The highest BCUT2D eigenvalue weighted by Crippen LogP contribution is 2.16. The van der Waals surface area contributed by atoms with Crippen LogP contribution in [0.5, 0.6) is 0 Å². The minimum Gasteiger partial charge on any atom is -0.309 e. The molecule has 0 saturated carbocycles. The van der Waals surface area contributed by atoms with E-state index in [2.05, 4.69) is 53.1 Å². The molecule has 1 aromatic rings. The van der Waals surface area contributed by atoms with Gasteiger partial charge >= 0.3 is 0 Å². The van der Waals surface area contributed by atoms with Crippen molar-refractivity contribution in [1.82, 2.24) is 4.90 Å². The lowest BCUT2D eigenvalue weighted by molar-refractivity contribution is 0.413. The molecule has 0 aliphatic rings. The molecule has 3 heteroatoms. The van der Waals surface area contributed by atoms with Gasteiger partial charge in [-0.25, -0.2) is 0 Å². The van der Waals surface area contributed by atoms with Crippen molar-refractivity contribution in [3.05, 3.63) is 34.3 Å². The zero-order valence-electron chi connectivity index (χ0n) is 7.96. The van der Waals surface area contributed by atoms with Gasteiger partial charge in [-0.3, -0.25) is 0 Å². The standard InChI is InChI=1S/C10H14BrN.ClH/c1-12(2)8-7-9-5-3-4-6-10(9)11;/h3-6H,7-8H2,1-2H3;1H. The Hall–Kier alpha value is -0.0500. The van der Waals surface area contributed by atoms with Crippen LogP contribution in [0.15, 0.2) is 28.7 Å². The van der Waals surface area contributed by atoms with Crippen LogP contribution in [0.3, 0.4) is 0 Å². The summed E-state index contributed by atoms with van der Waals surface area (Å²) in [5.41, 5.74) is 1.38. The number of nitrogens with zero attached hydrogens (tertiary/aromatic N) is 1. The van der Waals surface area contributed by atoms with Crippen molar-refractivity contribution < 1.29 is 0 Å². The molecule has 0 spiro atoms. The van der Waals surface area contributed by atoms with Crippen molar-refractivity contribution >= 4 is 28.3 Å². The van der Waals surface area contributed by atoms with E-state index in [1.807, 2.05) is 6.07 Å². The zero-order valence-corrected chi connectivity index (χ0v) is 10.4. The van der Waals surface area contributed by atoms with Crippen LogP contribution in [-0.2, 0) is 6.42 Å². The lowest BCUT2D eigenvalue weighted by atomic mass is 10.1. The first kappa shape index (κ1) is 12.9. The Kier molecular flexibility index (Phi) is 6.39. The van der Waals surface area contributed by atoms with Crippen molar-refractivity contribution in [2.75, 3.05) is 20.6 Å². The molecule has 0 heterocycles. The minimum absolute atomic E-state index is 0. The zero-order chi connectivity index (χ0) is 8.97. The molecule has 0 amide bonds. The molecule has 0 aliphatic carbocycles. The van der Waals surface area contributed by atoms with E-state index in [0.717, 1.165) is 13.0 Å².